The second kappa shape index (κ2) is 8.34. The second-order valence-corrected chi connectivity index (χ2v) is 9.27. The molecule has 0 aliphatic carbocycles. The zero-order valence-electron chi connectivity index (χ0n) is 16.8. The third-order valence-corrected chi connectivity index (χ3v) is 6.34. The molecule has 2 aromatic rings. The molecule has 1 aliphatic rings. The fourth-order valence-corrected chi connectivity index (χ4v) is 4.10. The number of likely N-dealkylation sites (N-methyl/N-ethyl adjacent to an activating group) is 1. The smallest absolute Gasteiger partial charge is 0.247 e. The fourth-order valence-electron chi connectivity index (χ4n) is 3.50. The van der Waals surface area contributed by atoms with Crippen LogP contribution in [0.2, 0.25) is 0 Å². The molecule has 154 valence electrons. The van der Waals surface area contributed by atoms with E-state index < -0.39 is 22.0 Å². The topological polar surface area (TPSA) is 86.8 Å². The van der Waals surface area contributed by atoms with E-state index >= 15 is 0 Å². The van der Waals surface area contributed by atoms with Gasteiger partial charge in [0.05, 0.1) is 6.26 Å². The lowest BCUT2D eigenvalue weighted by atomic mass is 10.1. The van der Waals surface area contributed by atoms with Gasteiger partial charge in [0.2, 0.25) is 21.8 Å². The number of anilines is 2. The van der Waals surface area contributed by atoms with E-state index in [1.54, 1.807) is 47.4 Å². The standard InChI is InChI=1S/C21H25N3O4S/c1-15-14-17(11-12-18(15)24-13-7-10-19(24)25)22-21(26)20(23(2)29(3,27)28)16-8-5-4-6-9-16/h4-6,8-9,11-12,14,20H,7,10,13H2,1-3H3,(H,22,26)/t20-/m1/s1. The molecule has 0 radical (unpaired) electrons. The van der Waals surface area contributed by atoms with Crippen LogP contribution in [0, 0.1) is 6.92 Å². The summed E-state index contributed by atoms with van der Waals surface area (Å²) in [6.45, 7) is 2.58. The summed E-state index contributed by atoms with van der Waals surface area (Å²) in [4.78, 5) is 26.8. The van der Waals surface area contributed by atoms with Crippen molar-refractivity contribution < 1.29 is 18.0 Å². The molecule has 0 bridgehead atoms. The lowest BCUT2D eigenvalue weighted by molar-refractivity contribution is -0.119. The number of carbonyl (C=O) groups excluding carboxylic acids is 2. The first-order valence-electron chi connectivity index (χ1n) is 9.38. The Morgan fingerprint density at radius 2 is 1.86 bits per heavy atom. The van der Waals surface area contributed by atoms with Crippen molar-refractivity contribution in [2.75, 3.05) is 30.1 Å². The van der Waals surface area contributed by atoms with E-state index in [4.69, 9.17) is 0 Å². The highest BCUT2D eigenvalue weighted by Gasteiger charge is 2.31. The number of nitrogens with zero attached hydrogens (tertiary/aromatic N) is 2. The molecule has 1 fully saturated rings. The number of benzene rings is 2. The molecule has 29 heavy (non-hydrogen) atoms. The van der Waals surface area contributed by atoms with E-state index in [0.717, 1.165) is 28.2 Å². The zero-order chi connectivity index (χ0) is 21.2. The van der Waals surface area contributed by atoms with Gasteiger partial charge in [-0.1, -0.05) is 30.3 Å². The molecular formula is C21H25N3O4S. The number of hydrogen-bond donors (Lipinski definition) is 1. The minimum atomic E-state index is -3.59. The monoisotopic (exact) mass is 415 g/mol. The number of sulfonamides is 1. The van der Waals surface area contributed by atoms with Crippen LogP contribution >= 0.6 is 0 Å². The third-order valence-electron chi connectivity index (χ3n) is 5.08. The molecule has 0 saturated carbocycles. The number of rotatable bonds is 6. The van der Waals surface area contributed by atoms with Crippen LogP contribution in [-0.2, 0) is 19.6 Å². The molecule has 1 atom stereocenters. The van der Waals surface area contributed by atoms with E-state index in [1.165, 1.54) is 7.05 Å². The highest BCUT2D eigenvalue weighted by atomic mass is 32.2. The molecule has 8 heteroatoms. The maximum absolute atomic E-state index is 13.0. The minimum Gasteiger partial charge on any atom is -0.324 e. The van der Waals surface area contributed by atoms with Gasteiger partial charge in [0, 0.05) is 31.4 Å². The van der Waals surface area contributed by atoms with Crippen molar-refractivity contribution in [2.45, 2.75) is 25.8 Å². The number of carbonyl (C=O) groups is 2. The van der Waals surface area contributed by atoms with Gasteiger partial charge >= 0.3 is 0 Å². The van der Waals surface area contributed by atoms with Gasteiger partial charge in [-0.25, -0.2) is 8.42 Å². The Morgan fingerprint density at radius 1 is 1.17 bits per heavy atom. The van der Waals surface area contributed by atoms with Crippen molar-refractivity contribution >= 4 is 33.2 Å². The zero-order valence-corrected chi connectivity index (χ0v) is 17.6. The molecular weight excluding hydrogens is 390 g/mol. The van der Waals surface area contributed by atoms with E-state index in [2.05, 4.69) is 5.32 Å². The largest absolute Gasteiger partial charge is 0.324 e. The normalized spacial score (nSPS) is 15.6. The molecule has 1 saturated heterocycles. The maximum Gasteiger partial charge on any atom is 0.247 e. The average Bonchev–Trinajstić information content (AvgIpc) is 3.08. The SMILES string of the molecule is Cc1cc(NC(=O)[C@@H](c2ccccc2)N(C)S(C)(=O)=O)ccc1N1CCCC1=O. The Balaban J connectivity index is 1.86. The average molecular weight is 416 g/mol. The predicted molar refractivity (Wildman–Crippen MR) is 113 cm³/mol. The summed E-state index contributed by atoms with van der Waals surface area (Å²) in [6.07, 6.45) is 2.46. The van der Waals surface area contributed by atoms with Gasteiger partial charge in [-0.3, -0.25) is 9.59 Å². The van der Waals surface area contributed by atoms with Crippen molar-refractivity contribution in [1.29, 1.82) is 0 Å². The van der Waals surface area contributed by atoms with Crippen LogP contribution in [-0.4, -0.2) is 44.4 Å². The second-order valence-electron chi connectivity index (χ2n) is 7.23. The van der Waals surface area contributed by atoms with E-state index in [0.29, 0.717) is 24.2 Å². The summed E-state index contributed by atoms with van der Waals surface area (Å²) in [7, 11) is -2.20. The Morgan fingerprint density at radius 3 is 2.41 bits per heavy atom. The van der Waals surface area contributed by atoms with E-state index in [-0.39, 0.29) is 5.91 Å². The van der Waals surface area contributed by atoms with Crippen LogP contribution in [0.4, 0.5) is 11.4 Å². The summed E-state index contributed by atoms with van der Waals surface area (Å²) >= 11 is 0. The molecule has 0 unspecified atom stereocenters. The van der Waals surface area contributed by atoms with Crippen LogP contribution in [0.1, 0.15) is 30.0 Å². The lowest BCUT2D eigenvalue weighted by Gasteiger charge is -2.26. The summed E-state index contributed by atoms with van der Waals surface area (Å²) < 4.78 is 25.2. The van der Waals surface area contributed by atoms with Crippen molar-refractivity contribution in [3.05, 3.63) is 59.7 Å². The number of amides is 2. The summed E-state index contributed by atoms with van der Waals surface area (Å²) in [6, 6.07) is 13.1. The molecule has 2 amide bonds. The molecule has 1 heterocycles. The third kappa shape index (κ3) is 4.65. The van der Waals surface area contributed by atoms with E-state index in [9.17, 15) is 18.0 Å². The van der Waals surface area contributed by atoms with Crippen LogP contribution in [0.3, 0.4) is 0 Å². The van der Waals surface area contributed by atoms with Gasteiger partial charge in [-0.2, -0.15) is 4.31 Å². The molecule has 0 spiro atoms. The van der Waals surface area contributed by atoms with Gasteiger partial charge in [0.25, 0.3) is 0 Å². The summed E-state index contributed by atoms with van der Waals surface area (Å²) in [5.74, 6) is -0.350. The molecule has 3 rings (SSSR count). The summed E-state index contributed by atoms with van der Waals surface area (Å²) in [5.41, 5.74) is 2.82. The van der Waals surface area contributed by atoms with Gasteiger partial charge in [0.1, 0.15) is 6.04 Å². The van der Waals surface area contributed by atoms with Gasteiger partial charge < -0.3 is 10.2 Å². The number of hydrogen-bond acceptors (Lipinski definition) is 4. The first-order chi connectivity index (χ1) is 13.7. The van der Waals surface area contributed by atoms with Crippen LogP contribution < -0.4 is 10.2 Å². The maximum atomic E-state index is 13.0. The molecule has 7 nitrogen and oxygen atoms in total. The molecule has 0 aromatic heterocycles. The first-order valence-corrected chi connectivity index (χ1v) is 11.2. The minimum absolute atomic E-state index is 0.101. The van der Waals surface area contributed by atoms with Crippen LogP contribution in [0.5, 0.6) is 0 Å². The molecule has 1 aliphatic heterocycles. The highest BCUT2D eigenvalue weighted by molar-refractivity contribution is 7.88. The summed E-state index contributed by atoms with van der Waals surface area (Å²) in [5, 5.41) is 2.81. The quantitative estimate of drug-likeness (QED) is 0.786. The Labute approximate surface area is 171 Å². The predicted octanol–water partition coefficient (Wildman–Crippen LogP) is 2.69. The van der Waals surface area contributed by atoms with Crippen molar-refractivity contribution in [2.24, 2.45) is 0 Å². The van der Waals surface area contributed by atoms with Crippen molar-refractivity contribution in [1.82, 2.24) is 4.31 Å². The molecule has 1 N–H and O–H groups in total. The van der Waals surface area contributed by atoms with Crippen molar-refractivity contribution in [3.8, 4) is 0 Å². The highest BCUT2D eigenvalue weighted by Crippen LogP contribution is 2.29. The van der Waals surface area contributed by atoms with Gasteiger partial charge in [0.15, 0.2) is 0 Å². The first kappa shape index (κ1) is 21.0. The van der Waals surface area contributed by atoms with E-state index in [1.807, 2.05) is 13.0 Å². The lowest BCUT2D eigenvalue weighted by Crippen LogP contribution is -2.38. The number of aryl methyl sites for hydroxylation is 1. The Kier molecular flexibility index (Phi) is 6.04. The number of nitrogens with one attached hydrogen (secondary N) is 1. The van der Waals surface area contributed by atoms with Gasteiger partial charge in [-0.05, 0) is 42.7 Å². The Hall–Kier alpha value is -2.71. The van der Waals surface area contributed by atoms with Crippen molar-refractivity contribution in [3.63, 3.8) is 0 Å². The molecule has 2 aromatic carbocycles. The Bertz CT molecular complexity index is 1020. The van der Waals surface area contributed by atoms with Crippen LogP contribution in [0.25, 0.3) is 0 Å². The van der Waals surface area contributed by atoms with Crippen LogP contribution in [0.15, 0.2) is 48.5 Å². The fraction of sp³-hybridized carbons (Fsp3) is 0.333. The van der Waals surface area contributed by atoms with Gasteiger partial charge in [-0.15, -0.1) is 0 Å².